The molecule has 0 spiro atoms. The number of tetrazole rings is 1. The third-order valence-electron chi connectivity index (χ3n) is 5.98. The number of carbonyl (C=O) groups is 1. The fraction of sp³-hybridized carbons (Fsp3) is 0.867. The van der Waals surface area contributed by atoms with Crippen molar-refractivity contribution in [3.05, 3.63) is 5.82 Å². The summed E-state index contributed by atoms with van der Waals surface area (Å²) in [6.07, 6.45) is 5.93. The molecule has 0 aromatic carbocycles. The number of carbonyl (C=O) groups excluding carboxylic acids is 1. The SMILES string of the molecule is CCC1(N(C)C)CCN(C(=O)C2(c3nn[nH]n3)CCC2)CC1. The number of hydrogen-bond acceptors (Lipinski definition) is 5. The number of likely N-dealkylation sites (tertiary alicyclic amines) is 1. The topological polar surface area (TPSA) is 78.0 Å². The normalized spacial score (nSPS) is 23.4. The van der Waals surface area contributed by atoms with Crippen LogP contribution in [0.1, 0.15) is 51.3 Å². The average molecular weight is 306 g/mol. The highest BCUT2D eigenvalue weighted by Gasteiger charge is 2.52. The fourth-order valence-electron chi connectivity index (χ4n) is 3.97. The molecule has 0 bridgehead atoms. The summed E-state index contributed by atoms with van der Waals surface area (Å²) in [7, 11) is 4.29. The molecule has 2 fully saturated rings. The Hall–Kier alpha value is -1.50. The van der Waals surface area contributed by atoms with Crippen LogP contribution >= 0.6 is 0 Å². The van der Waals surface area contributed by atoms with Crippen LogP contribution in [0.15, 0.2) is 0 Å². The smallest absolute Gasteiger partial charge is 0.236 e. The van der Waals surface area contributed by atoms with Gasteiger partial charge in [0.2, 0.25) is 5.91 Å². The molecule has 22 heavy (non-hydrogen) atoms. The maximum absolute atomic E-state index is 13.1. The Morgan fingerprint density at radius 1 is 1.27 bits per heavy atom. The van der Waals surface area contributed by atoms with Gasteiger partial charge >= 0.3 is 0 Å². The lowest BCUT2D eigenvalue weighted by atomic mass is 9.66. The lowest BCUT2D eigenvalue weighted by molar-refractivity contribution is -0.144. The molecular weight excluding hydrogens is 280 g/mol. The number of rotatable bonds is 4. The molecule has 3 rings (SSSR count). The van der Waals surface area contributed by atoms with Gasteiger partial charge in [-0.25, -0.2) is 0 Å². The van der Waals surface area contributed by atoms with Crippen molar-refractivity contribution in [3.8, 4) is 0 Å². The summed E-state index contributed by atoms with van der Waals surface area (Å²) < 4.78 is 0. The number of hydrogen-bond donors (Lipinski definition) is 1. The molecule has 7 heteroatoms. The molecule has 1 saturated heterocycles. The largest absolute Gasteiger partial charge is 0.342 e. The van der Waals surface area contributed by atoms with Gasteiger partial charge in [-0.2, -0.15) is 5.21 Å². The van der Waals surface area contributed by atoms with E-state index in [2.05, 4.69) is 46.5 Å². The van der Waals surface area contributed by atoms with E-state index in [0.717, 1.165) is 51.6 Å². The number of aromatic nitrogens is 4. The van der Waals surface area contributed by atoms with Gasteiger partial charge in [0.1, 0.15) is 5.41 Å². The van der Waals surface area contributed by atoms with E-state index in [-0.39, 0.29) is 11.4 Å². The monoisotopic (exact) mass is 306 g/mol. The zero-order valence-electron chi connectivity index (χ0n) is 13.8. The van der Waals surface area contributed by atoms with Crippen LogP contribution < -0.4 is 0 Å². The van der Waals surface area contributed by atoms with Gasteiger partial charge in [0.25, 0.3) is 0 Å². The summed E-state index contributed by atoms with van der Waals surface area (Å²) in [5, 5.41) is 14.3. The van der Waals surface area contributed by atoms with Crippen LogP contribution in [0, 0.1) is 0 Å². The van der Waals surface area contributed by atoms with Crippen molar-refractivity contribution in [3.63, 3.8) is 0 Å². The Morgan fingerprint density at radius 2 is 1.95 bits per heavy atom. The van der Waals surface area contributed by atoms with Gasteiger partial charge in [-0.3, -0.25) is 4.79 Å². The Bertz CT molecular complexity index is 514. The maximum Gasteiger partial charge on any atom is 0.236 e. The van der Waals surface area contributed by atoms with E-state index >= 15 is 0 Å². The minimum Gasteiger partial charge on any atom is -0.342 e. The van der Waals surface area contributed by atoms with E-state index in [1.165, 1.54) is 0 Å². The van der Waals surface area contributed by atoms with Crippen molar-refractivity contribution in [1.82, 2.24) is 30.4 Å². The quantitative estimate of drug-likeness (QED) is 0.896. The van der Waals surface area contributed by atoms with Gasteiger partial charge in [0, 0.05) is 18.6 Å². The second-order valence-electron chi connectivity index (χ2n) is 6.94. The highest BCUT2D eigenvalue weighted by atomic mass is 16.2. The average Bonchev–Trinajstić information content (AvgIpc) is 3.00. The molecule has 1 aliphatic heterocycles. The zero-order chi connectivity index (χ0) is 15.8. The van der Waals surface area contributed by atoms with E-state index in [9.17, 15) is 4.79 Å². The molecule has 1 aromatic heterocycles. The van der Waals surface area contributed by atoms with Crippen molar-refractivity contribution in [2.75, 3.05) is 27.2 Å². The van der Waals surface area contributed by atoms with E-state index in [0.29, 0.717) is 5.82 Å². The van der Waals surface area contributed by atoms with Crippen LogP contribution in [0.4, 0.5) is 0 Å². The van der Waals surface area contributed by atoms with Crippen LogP contribution in [-0.2, 0) is 10.2 Å². The van der Waals surface area contributed by atoms with Crippen molar-refractivity contribution < 1.29 is 4.79 Å². The minimum absolute atomic E-state index is 0.198. The molecule has 1 amide bonds. The number of aromatic amines is 1. The second-order valence-corrected chi connectivity index (χ2v) is 6.94. The summed E-state index contributed by atoms with van der Waals surface area (Å²) in [6, 6.07) is 0. The highest BCUT2D eigenvalue weighted by Crippen LogP contribution is 2.44. The van der Waals surface area contributed by atoms with E-state index in [4.69, 9.17) is 0 Å². The van der Waals surface area contributed by atoms with Crippen molar-refractivity contribution in [2.45, 2.75) is 56.4 Å². The Morgan fingerprint density at radius 3 is 2.36 bits per heavy atom. The van der Waals surface area contributed by atoms with E-state index in [1.54, 1.807) is 0 Å². The highest BCUT2D eigenvalue weighted by molar-refractivity contribution is 5.88. The maximum atomic E-state index is 13.1. The van der Waals surface area contributed by atoms with Gasteiger partial charge < -0.3 is 9.80 Å². The van der Waals surface area contributed by atoms with Crippen molar-refractivity contribution in [1.29, 1.82) is 0 Å². The molecule has 2 heterocycles. The van der Waals surface area contributed by atoms with Gasteiger partial charge in [-0.15, -0.1) is 10.2 Å². The predicted molar refractivity (Wildman–Crippen MR) is 82.2 cm³/mol. The first-order chi connectivity index (χ1) is 10.5. The van der Waals surface area contributed by atoms with Gasteiger partial charge in [0.15, 0.2) is 5.82 Å². The molecule has 122 valence electrons. The first-order valence-corrected chi connectivity index (χ1v) is 8.25. The summed E-state index contributed by atoms with van der Waals surface area (Å²) in [5.74, 6) is 0.771. The zero-order valence-corrected chi connectivity index (χ0v) is 13.8. The van der Waals surface area contributed by atoms with Gasteiger partial charge in [-0.05, 0) is 46.2 Å². The number of nitrogens with zero attached hydrogens (tertiary/aromatic N) is 5. The molecule has 1 aromatic rings. The third-order valence-corrected chi connectivity index (χ3v) is 5.98. The third kappa shape index (κ3) is 2.22. The molecule has 1 saturated carbocycles. The number of amides is 1. The summed E-state index contributed by atoms with van der Waals surface area (Å²) in [4.78, 5) is 17.4. The molecule has 2 aliphatic rings. The predicted octanol–water partition coefficient (Wildman–Crippen LogP) is 0.954. The summed E-state index contributed by atoms with van der Waals surface area (Å²) in [5.41, 5.74) is -0.285. The molecule has 7 nitrogen and oxygen atoms in total. The molecule has 0 unspecified atom stereocenters. The number of nitrogens with one attached hydrogen (secondary N) is 1. The standard InChI is InChI=1S/C15H26N6O/c1-4-14(20(2)3)8-10-21(11-9-14)13(22)15(6-5-7-15)12-16-18-19-17-12/h4-11H2,1-3H3,(H,16,17,18,19). The van der Waals surface area contributed by atoms with Crippen LogP contribution in [0.3, 0.4) is 0 Å². The first kappa shape index (κ1) is 15.4. The van der Waals surface area contributed by atoms with Crippen LogP contribution in [0.2, 0.25) is 0 Å². The fourth-order valence-corrected chi connectivity index (χ4v) is 3.97. The van der Waals surface area contributed by atoms with Crippen molar-refractivity contribution in [2.24, 2.45) is 0 Å². The summed E-state index contributed by atoms with van der Waals surface area (Å²) >= 11 is 0. The van der Waals surface area contributed by atoms with Crippen LogP contribution in [0.25, 0.3) is 0 Å². The van der Waals surface area contributed by atoms with Crippen LogP contribution in [-0.4, -0.2) is 69.1 Å². The lowest BCUT2D eigenvalue weighted by Crippen LogP contribution is -2.58. The lowest BCUT2D eigenvalue weighted by Gasteiger charge is -2.48. The van der Waals surface area contributed by atoms with Crippen molar-refractivity contribution >= 4 is 5.91 Å². The molecule has 1 N–H and O–H groups in total. The van der Waals surface area contributed by atoms with Gasteiger partial charge in [0.05, 0.1) is 0 Å². The molecular formula is C15H26N6O. The summed E-state index contributed by atoms with van der Waals surface area (Å²) in [6.45, 7) is 3.89. The minimum atomic E-state index is -0.517. The Labute approximate surface area is 131 Å². The van der Waals surface area contributed by atoms with Gasteiger partial charge in [-0.1, -0.05) is 18.6 Å². The first-order valence-electron chi connectivity index (χ1n) is 8.25. The van der Waals surface area contributed by atoms with E-state index < -0.39 is 5.41 Å². The second kappa shape index (κ2) is 5.61. The van der Waals surface area contributed by atoms with Crippen LogP contribution in [0.5, 0.6) is 0 Å². The molecule has 1 aliphatic carbocycles. The Kier molecular flexibility index (Phi) is 3.92. The molecule has 0 atom stereocenters. The van der Waals surface area contributed by atoms with E-state index in [1.807, 2.05) is 4.90 Å². The molecule has 0 radical (unpaired) electrons. The Balaban J connectivity index is 1.72. The number of piperidine rings is 1. The number of H-pyrrole nitrogens is 1.